The van der Waals surface area contributed by atoms with E-state index in [1.54, 1.807) is 51.2 Å². The van der Waals surface area contributed by atoms with Crippen LogP contribution in [-0.2, 0) is 4.74 Å². The number of nitrogens with zero attached hydrogens (tertiary/aromatic N) is 6. The van der Waals surface area contributed by atoms with Crippen molar-refractivity contribution < 1.29 is 19.4 Å². The number of ether oxygens (including phenoxy) is 1. The van der Waals surface area contributed by atoms with Gasteiger partial charge in [-0.15, -0.1) is 10.2 Å². The van der Waals surface area contributed by atoms with Crippen LogP contribution in [-0.4, -0.2) is 47.9 Å². The largest absolute Gasteiger partial charge is 0.463 e. The number of rotatable bonds is 3. The normalized spacial score (nSPS) is 11.5. The maximum atomic E-state index is 13.1. The molecule has 0 saturated carbocycles. The summed E-state index contributed by atoms with van der Waals surface area (Å²) in [6, 6.07) is 6.50. The average molecular weight is 453 g/mol. The molecule has 0 aliphatic rings. The molecular formula is C20H19N7O4S. The minimum Gasteiger partial charge on any atom is -0.463 e. The van der Waals surface area contributed by atoms with E-state index in [0.29, 0.717) is 32.8 Å². The number of carboxylic acid groups (broad SMARTS) is 1. The van der Waals surface area contributed by atoms with Crippen molar-refractivity contribution in [3.63, 3.8) is 0 Å². The van der Waals surface area contributed by atoms with E-state index in [-0.39, 0.29) is 5.13 Å². The molecule has 4 aromatic rings. The zero-order valence-electron chi connectivity index (χ0n) is 17.4. The minimum atomic E-state index is -1.21. The Labute approximate surface area is 186 Å². The smallest absolute Gasteiger partial charge is 0.432 e. The second-order valence-corrected chi connectivity index (χ2v) is 8.75. The standard InChI is InChI=1S/C20H19N7O4S/c1-20(2,3)31-19(30)26(14-4-5-15-11(7-14)9-23-27(15)18(28)29)17-25-24-16(32-17)12-6-13(21)10-22-8-12/h4-10H,21H2,1-3H3,(H,28,29). The molecule has 3 aromatic heterocycles. The molecule has 1 amide bonds. The number of amides is 1. The predicted molar refractivity (Wildman–Crippen MR) is 119 cm³/mol. The minimum absolute atomic E-state index is 0.265. The lowest BCUT2D eigenvalue weighted by Crippen LogP contribution is -2.33. The number of anilines is 3. The van der Waals surface area contributed by atoms with Crippen molar-refractivity contribution in [2.24, 2.45) is 0 Å². The molecule has 164 valence electrons. The number of benzene rings is 1. The van der Waals surface area contributed by atoms with Crippen LogP contribution in [0.15, 0.2) is 42.9 Å². The van der Waals surface area contributed by atoms with Gasteiger partial charge in [0.15, 0.2) is 5.01 Å². The van der Waals surface area contributed by atoms with Gasteiger partial charge in [-0.25, -0.2) is 14.5 Å². The van der Waals surface area contributed by atoms with E-state index in [9.17, 15) is 14.7 Å². The molecule has 1 aromatic carbocycles. The molecule has 0 aliphatic heterocycles. The Morgan fingerprint density at radius 2 is 1.94 bits per heavy atom. The van der Waals surface area contributed by atoms with Crippen molar-refractivity contribution in [3.8, 4) is 10.6 Å². The van der Waals surface area contributed by atoms with Gasteiger partial charge in [0.2, 0.25) is 5.13 Å². The van der Waals surface area contributed by atoms with Crippen molar-refractivity contribution in [2.75, 3.05) is 10.6 Å². The average Bonchev–Trinajstić information content (AvgIpc) is 3.34. The number of fused-ring (bicyclic) bond motifs is 1. The first-order chi connectivity index (χ1) is 15.1. The summed E-state index contributed by atoms with van der Waals surface area (Å²) in [4.78, 5) is 29.8. The summed E-state index contributed by atoms with van der Waals surface area (Å²) in [5.41, 5.74) is 7.00. The van der Waals surface area contributed by atoms with E-state index in [4.69, 9.17) is 10.5 Å². The number of nitrogens with two attached hydrogens (primary N) is 1. The lowest BCUT2D eigenvalue weighted by Gasteiger charge is -2.25. The molecule has 4 rings (SSSR count). The van der Waals surface area contributed by atoms with Gasteiger partial charge in [0, 0.05) is 23.3 Å². The predicted octanol–water partition coefficient (Wildman–Crippen LogP) is 4.13. The van der Waals surface area contributed by atoms with Crippen LogP contribution in [0.3, 0.4) is 0 Å². The third kappa shape index (κ3) is 4.21. The van der Waals surface area contributed by atoms with Gasteiger partial charge < -0.3 is 15.6 Å². The summed E-state index contributed by atoms with van der Waals surface area (Å²) < 4.78 is 6.43. The third-order valence-electron chi connectivity index (χ3n) is 4.18. The van der Waals surface area contributed by atoms with Crippen LogP contribution in [0.25, 0.3) is 21.5 Å². The van der Waals surface area contributed by atoms with Crippen LogP contribution in [0.5, 0.6) is 0 Å². The molecule has 0 fully saturated rings. The SMILES string of the molecule is CC(C)(C)OC(=O)N(c1ccc2c(cnn2C(=O)O)c1)c1nnc(-c2cncc(N)c2)s1. The molecular weight excluding hydrogens is 434 g/mol. The van der Waals surface area contributed by atoms with Crippen molar-refractivity contribution in [3.05, 3.63) is 42.9 Å². The Bertz CT molecular complexity index is 1320. The summed E-state index contributed by atoms with van der Waals surface area (Å²) in [6.45, 7) is 5.27. The lowest BCUT2D eigenvalue weighted by atomic mass is 10.2. The van der Waals surface area contributed by atoms with E-state index in [2.05, 4.69) is 20.3 Å². The molecule has 3 heterocycles. The van der Waals surface area contributed by atoms with Gasteiger partial charge in [0.1, 0.15) is 5.60 Å². The fourth-order valence-electron chi connectivity index (χ4n) is 2.91. The van der Waals surface area contributed by atoms with Gasteiger partial charge in [-0.2, -0.15) is 9.78 Å². The Kier molecular flexibility index (Phi) is 5.22. The topological polar surface area (TPSA) is 149 Å². The van der Waals surface area contributed by atoms with Gasteiger partial charge in [-0.1, -0.05) is 11.3 Å². The fraction of sp³-hybridized carbons (Fsp3) is 0.200. The Hall–Kier alpha value is -4.06. The summed E-state index contributed by atoms with van der Waals surface area (Å²) in [6.07, 6.45) is 2.66. The number of nitrogen functional groups attached to an aromatic ring is 1. The first-order valence-electron chi connectivity index (χ1n) is 9.41. The van der Waals surface area contributed by atoms with Gasteiger partial charge in [0.05, 0.1) is 23.1 Å². The Morgan fingerprint density at radius 3 is 2.62 bits per heavy atom. The Balaban J connectivity index is 1.79. The quantitative estimate of drug-likeness (QED) is 0.467. The highest BCUT2D eigenvalue weighted by atomic mass is 32.1. The van der Waals surface area contributed by atoms with Gasteiger partial charge in [-0.3, -0.25) is 4.98 Å². The summed E-state index contributed by atoms with van der Waals surface area (Å²) in [5, 5.41) is 22.8. The highest BCUT2D eigenvalue weighted by molar-refractivity contribution is 7.18. The molecule has 0 spiro atoms. The monoisotopic (exact) mass is 453 g/mol. The zero-order chi connectivity index (χ0) is 23.0. The summed E-state index contributed by atoms with van der Waals surface area (Å²) in [5.74, 6) is 0. The van der Waals surface area contributed by atoms with Crippen LogP contribution in [0.2, 0.25) is 0 Å². The molecule has 0 atom stereocenters. The maximum absolute atomic E-state index is 13.1. The molecule has 0 unspecified atom stereocenters. The highest BCUT2D eigenvalue weighted by Gasteiger charge is 2.28. The van der Waals surface area contributed by atoms with E-state index in [0.717, 1.165) is 16.0 Å². The summed E-state index contributed by atoms with van der Waals surface area (Å²) in [7, 11) is 0. The number of aromatic nitrogens is 5. The molecule has 32 heavy (non-hydrogen) atoms. The number of pyridine rings is 1. The van der Waals surface area contributed by atoms with Gasteiger partial charge >= 0.3 is 12.2 Å². The third-order valence-corrected chi connectivity index (χ3v) is 5.14. The second kappa shape index (κ2) is 7.89. The lowest BCUT2D eigenvalue weighted by molar-refractivity contribution is 0.0599. The molecule has 11 nitrogen and oxygen atoms in total. The molecule has 0 radical (unpaired) electrons. The van der Waals surface area contributed by atoms with Gasteiger partial charge in [0.25, 0.3) is 0 Å². The first-order valence-corrected chi connectivity index (χ1v) is 10.2. The van der Waals surface area contributed by atoms with Crippen molar-refractivity contribution >= 4 is 50.9 Å². The molecule has 3 N–H and O–H groups in total. The van der Waals surface area contributed by atoms with E-state index < -0.39 is 17.8 Å². The first kappa shape index (κ1) is 21.2. The second-order valence-electron chi connectivity index (χ2n) is 7.79. The molecule has 0 saturated heterocycles. The van der Waals surface area contributed by atoms with Crippen LogP contribution in [0.4, 0.5) is 26.1 Å². The molecule has 0 bridgehead atoms. The number of hydrogen-bond donors (Lipinski definition) is 2. The van der Waals surface area contributed by atoms with Crippen molar-refractivity contribution in [2.45, 2.75) is 26.4 Å². The van der Waals surface area contributed by atoms with Gasteiger partial charge in [-0.05, 0) is 45.0 Å². The summed E-state index contributed by atoms with van der Waals surface area (Å²) >= 11 is 1.16. The van der Waals surface area contributed by atoms with Crippen LogP contribution in [0.1, 0.15) is 20.8 Å². The van der Waals surface area contributed by atoms with E-state index in [1.165, 1.54) is 17.3 Å². The van der Waals surface area contributed by atoms with Crippen LogP contribution < -0.4 is 10.6 Å². The number of carbonyl (C=O) groups is 2. The highest BCUT2D eigenvalue weighted by Crippen LogP contribution is 2.35. The zero-order valence-corrected chi connectivity index (χ0v) is 18.2. The van der Waals surface area contributed by atoms with Crippen LogP contribution in [0, 0.1) is 0 Å². The van der Waals surface area contributed by atoms with Crippen LogP contribution >= 0.6 is 11.3 Å². The van der Waals surface area contributed by atoms with E-state index in [1.807, 2.05) is 0 Å². The number of hydrogen-bond acceptors (Lipinski definition) is 9. The van der Waals surface area contributed by atoms with Crippen molar-refractivity contribution in [1.29, 1.82) is 0 Å². The number of carbonyl (C=O) groups excluding carboxylic acids is 1. The molecule has 0 aliphatic carbocycles. The Morgan fingerprint density at radius 1 is 1.16 bits per heavy atom. The van der Waals surface area contributed by atoms with Crippen molar-refractivity contribution in [1.82, 2.24) is 25.0 Å². The fourth-order valence-corrected chi connectivity index (χ4v) is 3.75. The molecule has 12 heteroatoms. The van der Waals surface area contributed by atoms with E-state index >= 15 is 0 Å². The maximum Gasteiger partial charge on any atom is 0.432 e.